The highest BCUT2D eigenvalue weighted by Crippen LogP contribution is 2.20. The Morgan fingerprint density at radius 2 is 1.60 bits per heavy atom. The zero-order valence-electron chi connectivity index (χ0n) is 9.56. The molecule has 0 radical (unpaired) electrons. The zero-order valence-corrected chi connectivity index (χ0v) is 9.56. The summed E-state index contributed by atoms with van der Waals surface area (Å²) < 4.78 is 0. The minimum Gasteiger partial charge on any atom is -0.359 e. The van der Waals surface area contributed by atoms with Crippen LogP contribution in [0.15, 0.2) is 6.07 Å². The Bertz CT molecular complexity index is 449. The molecule has 0 bridgehead atoms. The summed E-state index contributed by atoms with van der Waals surface area (Å²) in [6, 6.07) is 2.13. The van der Waals surface area contributed by atoms with Gasteiger partial charge in [-0.25, -0.2) is 0 Å². The zero-order chi connectivity index (χ0) is 11.6. The van der Waals surface area contributed by atoms with E-state index in [0.717, 1.165) is 16.7 Å². The number of carbonyl (C=O) groups excluding carboxylic acids is 1. The van der Waals surface area contributed by atoms with E-state index in [4.69, 9.17) is 5.73 Å². The van der Waals surface area contributed by atoms with Crippen LogP contribution in [0.3, 0.4) is 0 Å². The predicted molar refractivity (Wildman–Crippen MR) is 61.5 cm³/mol. The summed E-state index contributed by atoms with van der Waals surface area (Å²) in [7, 11) is 0. The first kappa shape index (κ1) is 11.3. The summed E-state index contributed by atoms with van der Waals surface area (Å²) >= 11 is 0. The lowest BCUT2D eigenvalue weighted by molar-refractivity contribution is -0.112. The van der Waals surface area contributed by atoms with Gasteiger partial charge >= 0.3 is 0 Å². The van der Waals surface area contributed by atoms with E-state index < -0.39 is 5.91 Å². The molecule has 0 aliphatic heterocycles. The number of carbonyl (C=O) groups is 1. The highest BCUT2D eigenvalue weighted by Gasteiger charge is 2.05. The van der Waals surface area contributed by atoms with Crippen LogP contribution in [0.1, 0.15) is 27.8 Å². The highest BCUT2D eigenvalue weighted by atomic mass is 16.1. The summed E-state index contributed by atoms with van der Waals surface area (Å²) in [5.41, 5.74) is 10.5. The fourth-order valence-electron chi connectivity index (χ4n) is 1.53. The predicted octanol–water partition coefficient (Wildman–Crippen LogP) is 1.76. The second kappa shape index (κ2) is 4.18. The van der Waals surface area contributed by atoms with E-state index in [0.29, 0.717) is 0 Å². The van der Waals surface area contributed by atoms with Crippen LogP contribution in [0.4, 0.5) is 0 Å². The van der Waals surface area contributed by atoms with Crippen molar-refractivity contribution in [1.82, 2.24) is 0 Å². The van der Waals surface area contributed by atoms with E-state index in [2.05, 4.69) is 17.9 Å². The molecule has 0 heterocycles. The minimum atomic E-state index is -0.590. The molecule has 0 aliphatic carbocycles. The van der Waals surface area contributed by atoms with Gasteiger partial charge in [-0.3, -0.25) is 4.79 Å². The lowest BCUT2D eigenvalue weighted by atomic mass is 9.94. The Morgan fingerprint density at radius 1 is 1.13 bits per heavy atom. The summed E-state index contributed by atoms with van der Waals surface area (Å²) in [5, 5.41) is 0. The van der Waals surface area contributed by atoms with Gasteiger partial charge in [0.25, 0.3) is 5.91 Å². The van der Waals surface area contributed by atoms with Crippen LogP contribution in [0.2, 0.25) is 0 Å². The molecule has 0 saturated carbocycles. The quantitative estimate of drug-likeness (QED) is 0.638. The Morgan fingerprint density at radius 3 is 2.00 bits per heavy atom. The third-order valence-corrected chi connectivity index (χ3v) is 2.68. The summed E-state index contributed by atoms with van der Waals surface area (Å²) in [5.74, 6) is 4.63. The maximum atomic E-state index is 10.6. The van der Waals surface area contributed by atoms with Gasteiger partial charge in [-0.2, -0.15) is 0 Å². The largest absolute Gasteiger partial charge is 0.359 e. The van der Waals surface area contributed by atoms with E-state index in [1.54, 1.807) is 0 Å². The lowest BCUT2D eigenvalue weighted by Crippen LogP contribution is -2.06. The molecule has 15 heavy (non-hydrogen) atoms. The standard InChI is InChI=1S/C13H15NO/c1-8-7-9(2)11(4)12(10(8)3)5-6-13(14)15/h7H,1-4H3,(H2,14,15). The number of rotatable bonds is 0. The molecule has 1 rings (SSSR count). The summed E-state index contributed by atoms with van der Waals surface area (Å²) in [4.78, 5) is 10.6. The number of aryl methyl sites for hydroxylation is 2. The molecule has 0 atom stereocenters. The maximum Gasteiger partial charge on any atom is 0.293 e. The van der Waals surface area contributed by atoms with Crippen molar-refractivity contribution in [2.75, 3.05) is 0 Å². The van der Waals surface area contributed by atoms with E-state index in [1.807, 2.05) is 27.7 Å². The average Bonchev–Trinajstić information content (AvgIpc) is 2.14. The molecule has 0 aliphatic rings. The number of benzene rings is 1. The molecule has 2 N–H and O–H groups in total. The fourth-order valence-corrected chi connectivity index (χ4v) is 1.53. The summed E-state index contributed by atoms with van der Waals surface area (Å²) in [6.45, 7) is 8.09. The van der Waals surface area contributed by atoms with Crippen LogP contribution in [-0.2, 0) is 4.79 Å². The molecule has 0 unspecified atom stereocenters. The third-order valence-electron chi connectivity index (χ3n) is 2.68. The Balaban J connectivity index is 3.42. The van der Waals surface area contributed by atoms with Crippen molar-refractivity contribution in [3.63, 3.8) is 0 Å². The number of nitrogens with two attached hydrogens (primary N) is 1. The van der Waals surface area contributed by atoms with Crippen molar-refractivity contribution in [1.29, 1.82) is 0 Å². The van der Waals surface area contributed by atoms with Crippen molar-refractivity contribution >= 4 is 5.91 Å². The molecule has 0 aromatic heterocycles. The number of hydrogen-bond acceptors (Lipinski definition) is 1. The molecular formula is C13H15NO. The van der Waals surface area contributed by atoms with Gasteiger partial charge in [0, 0.05) is 5.56 Å². The van der Waals surface area contributed by atoms with Crippen molar-refractivity contribution < 1.29 is 4.79 Å². The summed E-state index contributed by atoms with van der Waals surface area (Å²) in [6.07, 6.45) is 0. The van der Waals surface area contributed by atoms with Crippen LogP contribution < -0.4 is 5.73 Å². The van der Waals surface area contributed by atoms with E-state index in [-0.39, 0.29) is 0 Å². The van der Waals surface area contributed by atoms with Crippen LogP contribution in [0.5, 0.6) is 0 Å². The fraction of sp³-hybridized carbons (Fsp3) is 0.308. The van der Waals surface area contributed by atoms with Crippen LogP contribution in [0.25, 0.3) is 0 Å². The van der Waals surface area contributed by atoms with Gasteiger partial charge in [-0.15, -0.1) is 0 Å². The van der Waals surface area contributed by atoms with Crippen molar-refractivity contribution in [2.45, 2.75) is 27.7 Å². The first-order valence-corrected chi connectivity index (χ1v) is 4.82. The van der Waals surface area contributed by atoms with E-state index >= 15 is 0 Å². The van der Waals surface area contributed by atoms with Gasteiger partial charge in [0.05, 0.1) is 0 Å². The Labute approximate surface area is 90.5 Å². The van der Waals surface area contributed by atoms with Gasteiger partial charge in [0.2, 0.25) is 0 Å². The molecule has 1 aromatic rings. The average molecular weight is 201 g/mol. The third kappa shape index (κ3) is 2.38. The van der Waals surface area contributed by atoms with Gasteiger partial charge in [-0.05, 0) is 55.9 Å². The molecule has 1 aromatic carbocycles. The number of hydrogen-bond donors (Lipinski definition) is 1. The first-order valence-electron chi connectivity index (χ1n) is 4.82. The second-order valence-electron chi connectivity index (χ2n) is 3.75. The first-order chi connectivity index (χ1) is 6.93. The van der Waals surface area contributed by atoms with Crippen LogP contribution in [-0.4, -0.2) is 5.91 Å². The van der Waals surface area contributed by atoms with Crippen LogP contribution in [0, 0.1) is 39.5 Å². The molecule has 2 heteroatoms. The van der Waals surface area contributed by atoms with Gasteiger partial charge in [0.15, 0.2) is 0 Å². The Kier molecular flexibility index (Phi) is 3.16. The lowest BCUT2D eigenvalue weighted by Gasteiger charge is -2.10. The van der Waals surface area contributed by atoms with E-state index in [1.165, 1.54) is 11.1 Å². The normalized spacial score (nSPS) is 9.33. The second-order valence-corrected chi connectivity index (χ2v) is 3.75. The monoisotopic (exact) mass is 201 g/mol. The van der Waals surface area contributed by atoms with Gasteiger partial charge in [0.1, 0.15) is 0 Å². The van der Waals surface area contributed by atoms with Gasteiger partial charge in [-0.1, -0.05) is 12.0 Å². The molecule has 78 valence electrons. The molecule has 0 spiro atoms. The van der Waals surface area contributed by atoms with Crippen molar-refractivity contribution in [3.05, 3.63) is 33.9 Å². The van der Waals surface area contributed by atoms with E-state index in [9.17, 15) is 4.79 Å². The van der Waals surface area contributed by atoms with Crippen molar-refractivity contribution in [3.8, 4) is 11.8 Å². The number of primary amides is 1. The molecular weight excluding hydrogens is 186 g/mol. The maximum absolute atomic E-state index is 10.6. The van der Waals surface area contributed by atoms with Crippen LogP contribution >= 0.6 is 0 Å². The topological polar surface area (TPSA) is 43.1 Å². The van der Waals surface area contributed by atoms with Crippen molar-refractivity contribution in [2.24, 2.45) is 5.73 Å². The highest BCUT2D eigenvalue weighted by molar-refractivity contribution is 5.92. The minimum absolute atomic E-state index is 0.590. The number of amides is 1. The SMILES string of the molecule is Cc1cc(C)c(C)c(C#CC(N)=O)c1C. The molecule has 0 saturated heterocycles. The molecule has 2 nitrogen and oxygen atoms in total. The molecule has 1 amide bonds. The Hall–Kier alpha value is -1.75. The van der Waals surface area contributed by atoms with Gasteiger partial charge < -0.3 is 5.73 Å². The molecule has 0 fully saturated rings. The smallest absolute Gasteiger partial charge is 0.293 e.